The predicted molar refractivity (Wildman–Crippen MR) is 8.54 cm³/mol. The molecular formula is H2BCoCrPtReY. The van der Waals surface area contributed by atoms with Crippen molar-refractivity contribution in [1.29, 1.82) is 0 Å². The summed E-state index contributed by atoms with van der Waals surface area (Å²) in [5.74, 6) is 0. The van der Waals surface area contributed by atoms with Crippen molar-refractivity contribution in [3.63, 3.8) is 0 Å². The molecule has 0 aromatic heterocycles. The zero-order valence-electron chi connectivity index (χ0n) is 3.01. The Hall–Kier alpha value is 3.56. The van der Waals surface area contributed by atoms with Gasteiger partial charge in [0.1, 0.15) is 0 Å². The summed E-state index contributed by atoms with van der Waals surface area (Å²) < 4.78 is 0. The quantitative estimate of drug-likeness (QED) is 0.319. The fourth-order valence-electron chi connectivity index (χ4n) is 0. The van der Waals surface area contributed by atoms with E-state index in [4.69, 9.17) is 0 Å². The van der Waals surface area contributed by atoms with Gasteiger partial charge in [0.05, 0.1) is 0 Å². The first kappa shape index (κ1) is 33.7. The molecule has 2 radical (unpaired) electrons. The third-order valence-electron chi connectivity index (χ3n) is 0. The van der Waals surface area contributed by atoms with Gasteiger partial charge in [-0.3, -0.25) is 0 Å². The van der Waals surface area contributed by atoms with Gasteiger partial charge in [-0.15, -0.1) is 0 Å². The molecule has 0 heterocycles. The molecular weight excluding hydrogens is 592 g/mol. The van der Waals surface area contributed by atoms with Crippen LogP contribution in [-0.2, 0) is 107 Å². The normalized spacial score (nSPS) is 0.833. The monoisotopic (exact) mass is 595 g/mol. The maximum atomic E-state index is 2.06. The summed E-state index contributed by atoms with van der Waals surface area (Å²) in [4.78, 5) is 0. The number of hydrogen-bond acceptors (Lipinski definition) is 0. The molecule has 0 aliphatic heterocycles. The van der Waals surface area contributed by atoms with E-state index in [1.165, 1.54) is 0 Å². The molecule has 0 bridgehead atoms. The van der Waals surface area contributed by atoms with Crippen LogP contribution >= 0.6 is 0 Å². The second-order valence-electron chi connectivity index (χ2n) is 0. The summed E-state index contributed by atoms with van der Waals surface area (Å²) in [5.41, 5.74) is 0. The van der Waals surface area contributed by atoms with Gasteiger partial charge < -0.3 is 0 Å². The fourth-order valence-corrected chi connectivity index (χ4v) is 0. The zero-order valence-corrected chi connectivity index (χ0v) is 13.2. The van der Waals surface area contributed by atoms with Crippen molar-refractivity contribution in [2.75, 3.05) is 0 Å². The Morgan fingerprint density at radius 2 is 1.17 bits per heavy atom. The fraction of sp³-hybridized carbons (Fsp3) is 0. The van der Waals surface area contributed by atoms with Crippen molar-refractivity contribution in [2.45, 2.75) is 0 Å². The average molecular weight is 594 g/mol. The van der Waals surface area contributed by atoms with Crippen LogP contribution in [0.2, 0.25) is 0 Å². The Labute approximate surface area is 111 Å². The van der Waals surface area contributed by atoms with Crippen molar-refractivity contribution < 1.29 is 107 Å². The smallest absolute Gasteiger partial charge is 0 e. The van der Waals surface area contributed by atoms with Crippen LogP contribution < -0.4 is 0 Å². The summed E-state index contributed by atoms with van der Waals surface area (Å²) in [6.45, 7) is 0. The minimum Gasteiger partial charge on any atom is 0 e. The van der Waals surface area contributed by atoms with Crippen molar-refractivity contribution in [1.82, 2.24) is 0 Å². The van der Waals surface area contributed by atoms with Gasteiger partial charge in [0.25, 0.3) is 0 Å². The molecule has 6 heteroatoms. The first-order chi connectivity index (χ1) is 1.00. The summed E-state index contributed by atoms with van der Waals surface area (Å²) in [6, 6.07) is 0. The van der Waals surface area contributed by atoms with E-state index in [-0.39, 0.29) is 87.9 Å². The number of rotatable bonds is 0. The van der Waals surface area contributed by atoms with Gasteiger partial charge in [-0.2, -0.15) is 0 Å². The zero-order chi connectivity index (χ0) is 2.00. The molecule has 0 aliphatic carbocycles. The second kappa shape index (κ2) is 38.6. The summed E-state index contributed by atoms with van der Waals surface area (Å²) in [6.07, 6.45) is 2.06. The summed E-state index contributed by atoms with van der Waals surface area (Å²) in [5, 5.41) is 0. The Kier molecular flexibility index (Phi) is 217. The third kappa shape index (κ3) is 25.7. The van der Waals surface area contributed by atoms with Crippen LogP contribution in [0.5, 0.6) is 0 Å². The van der Waals surface area contributed by atoms with Crippen LogP contribution in [0.3, 0.4) is 0 Å². The SMILES string of the molecule is [BH2][Re].[Co].[Cr].[Pt].[Y]. The van der Waals surface area contributed by atoms with Crippen LogP contribution in [-0.4, -0.2) is 6.20 Å². The second-order valence-corrected chi connectivity index (χ2v) is 0. The molecule has 0 aromatic carbocycles. The summed E-state index contributed by atoms with van der Waals surface area (Å²) in [7, 11) is 0. The third-order valence-corrected chi connectivity index (χ3v) is 0. The minimum atomic E-state index is 0. The van der Waals surface area contributed by atoms with Gasteiger partial charge >= 0.3 is 25.2 Å². The molecule has 0 spiro atoms. The van der Waals surface area contributed by atoms with Crippen molar-refractivity contribution in [3.05, 3.63) is 0 Å². The van der Waals surface area contributed by atoms with Gasteiger partial charge in [-0.1, -0.05) is 0 Å². The van der Waals surface area contributed by atoms with E-state index in [9.17, 15) is 0 Å². The van der Waals surface area contributed by atoms with Crippen molar-refractivity contribution >= 4 is 6.20 Å². The molecule has 0 saturated carbocycles. The van der Waals surface area contributed by atoms with Crippen molar-refractivity contribution in [3.8, 4) is 0 Å². The predicted octanol–water partition coefficient (Wildman–Crippen LogP) is -0.929. The number of hydrogen-bond donors (Lipinski definition) is 0. The maximum absolute atomic E-state index is 2.06. The first-order valence-electron chi connectivity index (χ1n) is 0.378. The van der Waals surface area contributed by atoms with Gasteiger partial charge in [-0.25, -0.2) is 0 Å². The molecule has 0 fully saturated rings. The molecule has 0 amide bonds. The van der Waals surface area contributed by atoms with Crippen LogP contribution in [0.25, 0.3) is 0 Å². The van der Waals surface area contributed by atoms with Gasteiger partial charge in [-0.05, 0) is 0 Å². The van der Waals surface area contributed by atoms with E-state index in [1.807, 2.05) is 0 Å². The maximum Gasteiger partial charge on any atom is 0 e. The van der Waals surface area contributed by atoms with Crippen molar-refractivity contribution in [2.24, 2.45) is 0 Å². The molecule has 0 rings (SSSR count). The Balaban J connectivity index is -0.000000000833. The standard InChI is InChI=1S/BH2.Co.Cr.Pt.Re.Y/h1H2;;;;;/q+1;;;;-1;. The van der Waals surface area contributed by atoms with Crippen LogP contribution in [0.4, 0.5) is 0 Å². The molecule has 0 aromatic rings. The molecule has 0 aliphatic rings. The molecule has 0 N–H and O–H groups in total. The van der Waals surface area contributed by atoms with E-state index in [1.54, 1.807) is 19.0 Å². The summed E-state index contributed by atoms with van der Waals surface area (Å²) >= 11 is 1.72. The van der Waals surface area contributed by atoms with Crippen LogP contribution in [0.1, 0.15) is 0 Å². The molecule has 0 unspecified atom stereocenters. The van der Waals surface area contributed by atoms with Crippen LogP contribution in [0, 0.1) is 0 Å². The molecule has 0 nitrogen and oxygen atoms in total. The Morgan fingerprint density at radius 3 is 1.17 bits per heavy atom. The van der Waals surface area contributed by atoms with E-state index in [0.717, 1.165) is 0 Å². The largest absolute Gasteiger partial charge is 0 e. The van der Waals surface area contributed by atoms with E-state index >= 15 is 0 Å². The Morgan fingerprint density at radius 1 is 1.17 bits per heavy atom. The van der Waals surface area contributed by atoms with E-state index in [2.05, 4.69) is 6.20 Å². The molecule has 0 saturated heterocycles. The molecule has 6 heavy (non-hydrogen) atoms. The molecule has 0 atom stereocenters. The minimum absolute atomic E-state index is 0. The van der Waals surface area contributed by atoms with Gasteiger partial charge in [0.2, 0.25) is 0 Å². The van der Waals surface area contributed by atoms with Crippen LogP contribution in [0.15, 0.2) is 0 Å². The van der Waals surface area contributed by atoms with E-state index in [0.29, 0.717) is 0 Å². The van der Waals surface area contributed by atoms with Gasteiger partial charge in [0, 0.05) is 87.9 Å². The average Bonchev–Trinajstić information content (AvgIpc) is 1.00. The van der Waals surface area contributed by atoms with Gasteiger partial charge in [0.15, 0.2) is 0 Å². The molecule has 40 valence electrons. The van der Waals surface area contributed by atoms with E-state index < -0.39 is 0 Å². The topological polar surface area (TPSA) is 0 Å². The Bertz CT molecular complexity index is 15.5. The first-order valence-corrected chi connectivity index (χ1v) is 3.09.